The number of aromatic nitrogens is 1. The minimum absolute atomic E-state index is 0.0452. The Kier molecular flexibility index (Phi) is 4.01. The van der Waals surface area contributed by atoms with E-state index in [4.69, 9.17) is 9.26 Å². The van der Waals surface area contributed by atoms with Gasteiger partial charge in [-0.3, -0.25) is 9.69 Å². The molecule has 0 unspecified atom stereocenters. The number of benzene rings is 1. The highest BCUT2D eigenvalue weighted by Gasteiger charge is 2.32. The molecule has 1 aromatic carbocycles. The summed E-state index contributed by atoms with van der Waals surface area (Å²) >= 11 is 0. The Morgan fingerprint density at radius 3 is 3.26 bits per heavy atom. The van der Waals surface area contributed by atoms with Crippen LogP contribution in [0.5, 0.6) is 0 Å². The molecule has 1 amide bonds. The average molecular weight is 315 g/mol. The van der Waals surface area contributed by atoms with Crippen LogP contribution in [0.1, 0.15) is 18.5 Å². The zero-order valence-corrected chi connectivity index (χ0v) is 13.0. The summed E-state index contributed by atoms with van der Waals surface area (Å²) in [7, 11) is 0. The highest BCUT2D eigenvalue weighted by atomic mass is 16.5. The maximum Gasteiger partial charge on any atom is 0.226 e. The van der Waals surface area contributed by atoms with Crippen LogP contribution in [0.4, 0.5) is 0 Å². The summed E-state index contributed by atoms with van der Waals surface area (Å²) < 4.78 is 11.1. The first-order chi connectivity index (χ1) is 11.3. The van der Waals surface area contributed by atoms with Gasteiger partial charge in [0.25, 0.3) is 0 Å². The van der Waals surface area contributed by atoms with Crippen LogP contribution in [-0.2, 0) is 16.0 Å². The maximum absolute atomic E-state index is 12.2. The number of morpholine rings is 1. The first-order valence-electron chi connectivity index (χ1n) is 8.25. The lowest BCUT2D eigenvalue weighted by molar-refractivity contribution is -0.122. The van der Waals surface area contributed by atoms with Crippen molar-refractivity contribution in [3.05, 3.63) is 30.0 Å². The van der Waals surface area contributed by atoms with Crippen LogP contribution < -0.4 is 5.32 Å². The average Bonchev–Trinajstić information content (AvgIpc) is 3.20. The van der Waals surface area contributed by atoms with E-state index < -0.39 is 0 Å². The van der Waals surface area contributed by atoms with Crippen molar-refractivity contribution in [3.63, 3.8) is 0 Å². The van der Waals surface area contributed by atoms with Crippen molar-refractivity contribution in [2.75, 3.05) is 26.2 Å². The van der Waals surface area contributed by atoms with Crippen molar-refractivity contribution in [1.82, 2.24) is 15.4 Å². The zero-order chi connectivity index (χ0) is 15.6. The fraction of sp³-hybridized carbons (Fsp3) is 0.529. The van der Waals surface area contributed by atoms with Crippen molar-refractivity contribution in [2.24, 2.45) is 0 Å². The number of amides is 1. The van der Waals surface area contributed by atoms with E-state index >= 15 is 0 Å². The number of nitrogens with one attached hydrogen (secondary N) is 1. The molecule has 2 fully saturated rings. The molecule has 1 aromatic heterocycles. The van der Waals surface area contributed by atoms with Gasteiger partial charge in [-0.1, -0.05) is 17.3 Å². The smallest absolute Gasteiger partial charge is 0.226 e. The second-order valence-corrected chi connectivity index (χ2v) is 6.35. The molecule has 0 aliphatic carbocycles. The largest absolute Gasteiger partial charge is 0.373 e. The Hall–Kier alpha value is -1.92. The number of rotatable bonds is 4. The third kappa shape index (κ3) is 3.09. The van der Waals surface area contributed by atoms with E-state index in [2.05, 4.69) is 15.4 Å². The van der Waals surface area contributed by atoms with Crippen molar-refractivity contribution >= 4 is 16.9 Å². The van der Waals surface area contributed by atoms with Crippen molar-refractivity contribution in [1.29, 1.82) is 0 Å². The topological polar surface area (TPSA) is 67.6 Å². The first kappa shape index (κ1) is 14.7. The quantitative estimate of drug-likeness (QED) is 0.922. The van der Waals surface area contributed by atoms with E-state index in [9.17, 15) is 4.79 Å². The molecule has 0 spiro atoms. The molecule has 2 saturated heterocycles. The number of hydrogen-bond acceptors (Lipinski definition) is 5. The number of fused-ring (bicyclic) bond motifs is 2. The van der Waals surface area contributed by atoms with Crippen molar-refractivity contribution in [2.45, 2.75) is 31.4 Å². The van der Waals surface area contributed by atoms with Gasteiger partial charge in [-0.2, -0.15) is 0 Å². The Morgan fingerprint density at radius 1 is 1.39 bits per heavy atom. The lowest BCUT2D eigenvalue weighted by Gasteiger charge is -2.35. The molecule has 23 heavy (non-hydrogen) atoms. The van der Waals surface area contributed by atoms with E-state index in [0.29, 0.717) is 23.9 Å². The van der Waals surface area contributed by atoms with E-state index in [1.54, 1.807) is 0 Å². The lowest BCUT2D eigenvalue weighted by Crippen LogP contribution is -2.50. The first-order valence-corrected chi connectivity index (χ1v) is 8.25. The Balaban J connectivity index is 1.30. The van der Waals surface area contributed by atoms with Gasteiger partial charge in [-0.25, -0.2) is 0 Å². The number of nitrogens with zero attached hydrogens (tertiary/aromatic N) is 2. The van der Waals surface area contributed by atoms with Crippen molar-refractivity contribution < 1.29 is 14.1 Å². The van der Waals surface area contributed by atoms with Crippen LogP contribution in [0.2, 0.25) is 0 Å². The predicted molar refractivity (Wildman–Crippen MR) is 85.1 cm³/mol. The van der Waals surface area contributed by atoms with Crippen LogP contribution >= 0.6 is 0 Å². The number of carbonyl (C=O) groups is 1. The highest BCUT2D eigenvalue weighted by Crippen LogP contribution is 2.22. The molecular weight excluding hydrogens is 294 g/mol. The number of ether oxygens (including phenoxy) is 1. The summed E-state index contributed by atoms with van der Waals surface area (Å²) in [4.78, 5) is 14.6. The fourth-order valence-electron chi connectivity index (χ4n) is 3.52. The van der Waals surface area contributed by atoms with Gasteiger partial charge in [-0.15, -0.1) is 0 Å². The molecule has 2 aromatic rings. The fourth-order valence-corrected chi connectivity index (χ4v) is 3.52. The summed E-state index contributed by atoms with van der Waals surface area (Å²) in [6, 6.07) is 8.17. The Bertz CT molecular complexity index is 699. The normalized spacial score (nSPS) is 24.7. The van der Waals surface area contributed by atoms with Gasteiger partial charge >= 0.3 is 0 Å². The third-order valence-corrected chi connectivity index (χ3v) is 4.77. The van der Waals surface area contributed by atoms with Crippen LogP contribution in [-0.4, -0.2) is 54.4 Å². The number of carbonyl (C=O) groups excluding carboxylic acids is 1. The molecule has 4 rings (SSSR count). The molecule has 122 valence electrons. The lowest BCUT2D eigenvalue weighted by atomic mass is 10.1. The SMILES string of the molecule is O=C(Cc1noc2ccccc12)NC[C@H]1CN2CCC[C@@H]2CO1. The van der Waals surface area contributed by atoms with Crippen LogP contribution in [0.25, 0.3) is 11.0 Å². The monoisotopic (exact) mass is 315 g/mol. The van der Waals surface area contributed by atoms with E-state index in [1.807, 2.05) is 24.3 Å². The van der Waals surface area contributed by atoms with Crippen LogP contribution in [0, 0.1) is 0 Å². The summed E-state index contributed by atoms with van der Waals surface area (Å²) in [6.45, 7) is 3.41. The van der Waals surface area contributed by atoms with Gasteiger partial charge in [-0.05, 0) is 31.5 Å². The third-order valence-electron chi connectivity index (χ3n) is 4.77. The molecular formula is C17H21N3O3. The molecule has 6 nitrogen and oxygen atoms in total. The molecule has 0 radical (unpaired) electrons. The minimum Gasteiger partial charge on any atom is -0.373 e. The van der Waals surface area contributed by atoms with E-state index in [0.717, 1.165) is 25.1 Å². The van der Waals surface area contributed by atoms with Crippen LogP contribution in [0.15, 0.2) is 28.8 Å². The predicted octanol–water partition coefficient (Wildman–Crippen LogP) is 1.35. The van der Waals surface area contributed by atoms with Gasteiger partial charge in [0, 0.05) is 24.5 Å². The minimum atomic E-state index is -0.0452. The molecule has 2 aliphatic heterocycles. The standard InChI is InChI=1S/C17H21N3O3/c21-17(8-15-14-5-1-2-6-16(14)23-19-15)18-9-13-10-20-7-3-4-12(20)11-22-13/h1-2,5-6,12-13H,3-4,7-11H2,(H,18,21)/t12-,13+/m1/s1. The van der Waals surface area contributed by atoms with E-state index in [-0.39, 0.29) is 18.4 Å². The maximum atomic E-state index is 12.2. The second kappa shape index (κ2) is 6.29. The second-order valence-electron chi connectivity index (χ2n) is 6.35. The summed E-state index contributed by atoms with van der Waals surface area (Å²) in [5.41, 5.74) is 1.40. The van der Waals surface area contributed by atoms with Gasteiger partial charge in [0.1, 0.15) is 5.69 Å². The van der Waals surface area contributed by atoms with Gasteiger partial charge in [0.2, 0.25) is 5.91 Å². The highest BCUT2D eigenvalue weighted by molar-refractivity contribution is 5.86. The molecule has 6 heteroatoms. The molecule has 0 bridgehead atoms. The molecule has 3 heterocycles. The van der Waals surface area contributed by atoms with E-state index in [1.165, 1.54) is 12.8 Å². The van der Waals surface area contributed by atoms with Gasteiger partial charge in [0.05, 0.1) is 19.1 Å². The van der Waals surface area contributed by atoms with Gasteiger partial charge in [0.15, 0.2) is 5.58 Å². The number of hydrogen-bond donors (Lipinski definition) is 1. The van der Waals surface area contributed by atoms with Crippen LogP contribution in [0.3, 0.4) is 0 Å². The Labute approximate surface area is 134 Å². The molecule has 1 N–H and O–H groups in total. The molecule has 2 aliphatic rings. The number of para-hydroxylation sites is 1. The van der Waals surface area contributed by atoms with Crippen molar-refractivity contribution in [3.8, 4) is 0 Å². The summed E-state index contributed by atoms with van der Waals surface area (Å²) in [5.74, 6) is -0.0452. The zero-order valence-electron chi connectivity index (χ0n) is 13.0. The Morgan fingerprint density at radius 2 is 2.30 bits per heavy atom. The summed E-state index contributed by atoms with van der Waals surface area (Å²) in [6.07, 6.45) is 2.81. The summed E-state index contributed by atoms with van der Waals surface area (Å²) in [5, 5.41) is 7.86. The molecule has 2 atom stereocenters. The van der Waals surface area contributed by atoms with Gasteiger partial charge < -0.3 is 14.6 Å². The molecule has 0 saturated carbocycles.